The Balaban J connectivity index is 1.89. The zero-order chi connectivity index (χ0) is 16.6. The van der Waals surface area contributed by atoms with Gasteiger partial charge in [0.15, 0.2) is 5.65 Å². The van der Waals surface area contributed by atoms with E-state index in [1.807, 2.05) is 6.92 Å². The smallest absolute Gasteiger partial charge is 0.207 e. The Kier molecular flexibility index (Phi) is 3.97. The van der Waals surface area contributed by atoms with Crippen molar-refractivity contribution in [3.8, 4) is 0 Å². The van der Waals surface area contributed by atoms with Crippen molar-refractivity contribution in [1.82, 2.24) is 19.8 Å². The van der Waals surface area contributed by atoms with Gasteiger partial charge in [0.25, 0.3) is 5.82 Å². The van der Waals surface area contributed by atoms with Gasteiger partial charge in [0, 0.05) is 5.25 Å². The summed E-state index contributed by atoms with van der Waals surface area (Å²) >= 11 is 1.26. The molecule has 0 saturated heterocycles. The second-order valence-electron chi connectivity index (χ2n) is 4.77. The zero-order valence-electron chi connectivity index (χ0n) is 11.8. The summed E-state index contributed by atoms with van der Waals surface area (Å²) in [5.41, 5.74) is 0.870. The van der Waals surface area contributed by atoms with Gasteiger partial charge in [-0.15, -0.1) is 10.2 Å². The molecular weight excluding hydrogens is 332 g/mol. The Morgan fingerprint density at radius 2 is 1.74 bits per heavy atom. The summed E-state index contributed by atoms with van der Waals surface area (Å²) in [4.78, 5) is 0. The topological polar surface area (TPSA) is 43.1 Å². The molecule has 3 aromatic rings. The summed E-state index contributed by atoms with van der Waals surface area (Å²) in [6.45, 7) is 1.86. The lowest BCUT2D eigenvalue weighted by atomic mass is 10.2. The van der Waals surface area contributed by atoms with Crippen LogP contribution >= 0.6 is 11.8 Å². The molecule has 2 aromatic heterocycles. The maximum Gasteiger partial charge on any atom is 0.453 e. The van der Waals surface area contributed by atoms with Gasteiger partial charge in [-0.1, -0.05) is 23.9 Å². The van der Waals surface area contributed by atoms with Crippen LogP contribution in [0.1, 0.15) is 23.6 Å². The first-order valence-electron chi connectivity index (χ1n) is 6.56. The fourth-order valence-electron chi connectivity index (χ4n) is 1.99. The molecular formula is C14H10F4N4S. The lowest BCUT2D eigenvalue weighted by molar-refractivity contribution is -0.146. The Morgan fingerprint density at radius 1 is 1.04 bits per heavy atom. The molecule has 0 N–H and O–H groups in total. The first-order chi connectivity index (χ1) is 10.8. The number of fused-ring (bicyclic) bond motifs is 1. The van der Waals surface area contributed by atoms with Crippen molar-refractivity contribution in [2.75, 3.05) is 0 Å². The van der Waals surface area contributed by atoms with Gasteiger partial charge in [-0.3, -0.25) is 0 Å². The molecule has 1 atom stereocenters. The van der Waals surface area contributed by atoms with E-state index in [0.29, 0.717) is 9.54 Å². The van der Waals surface area contributed by atoms with Crippen molar-refractivity contribution in [2.45, 2.75) is 23.4 Å². The maximum atomic E-state index is 12.9. The summed E-state index contributed by atoms with van der Waals surface area (Å²) in [7, 11) is 0. The Bertz CT molecular complexity index is 829. The number of rotatable bonds is 3. The van der Waals surface area contributed by atoms with Gasteiger partial charge in [-0.25, -0.2) is 4.39 Å². The van der Waals surface area contributed by atoms with Crippen LogP contribution in [0.25, 0.3) is 5.65 Å². The largest absolute Gasteiger partial charge is 0.453 e. The molecule has 0 radical (unpaired) electrons. The normalized spacial score (nSPS) is 13.4. The van der Waals surface area contributed by atoms with E-state index in [-0.39, 0.29) is 16.7 Å². The SMILES string of the molecule is C[C@@H](Sc1ccc2nnc(C(F)(F)F)n2n1)c1ccc(F)cc1. The van der Waals surface area contributed by atoms with E-state index in [1.165, 1.54) is 30.0 Å². The van der Waals surface area contributed by atoms with Crippen LogP contribution in [-0.2, 0) is 6.18 Å². The minimum atomic E-state index is -4.63. The molecule has 1 aromatic carbocycles. The van der Waals surface area contributed by atoms with E-state index < -0.39 is 12.0 Å². The number of aromatic nitrogens is 4. The molecule has 4 nitrogen and oxygen atoms in total. The van der Waals surface area contributed by atoms with Gasteiger partial charge >= 0.3 is 6.18 Å². The standard InChI is InChI=1S/C14H10F4N4S/c1-8(9-2-4-10(15)5-3-9)23-12-7-6-11-19-20-13(14(16,17)18)22(11)21-12/h2-8H,1H3/t8-/m1/s1. The summed E-state index contributed by atoms with van der Waals surface area (Å²) < 4.78 is 52.1. The maximum absolute atomic E-state index is 12.9. The Labute approximate surface area is 132 Å². The predicted molar refractivity (Wildman–Crippen MR) is 76.5 cm³/mol. The molecule has 0 amide bonds. The summed E-state index contributed by atoms with van der Waals surface area (Å²) in [5.74, 6) is -1.51. The number of alkyl halides is 3. The van der Waals surface area contributed by atoms with Crippen molar-refractivity contribution >= 4 is 17.4 Å². The van der Waals surface area contributed by atoms with Crippen LogP contribution in [0.4, 0.5) is 17.6 Å². The first kappa shape index (κ1) is 15.7. The molecule has 9 heteroatoms. The highest BCUT2D eigenvalue weighted by atomic mass is 32.2. The van der Waals surface area contributed by atoms with E-state index in [1.54, 1.807) is 18.2 Å². The van der Waals surface area contributed by atoms with Crippen LogP contribution in [0.3, 0.4) is 0 Å². The quantitative estimate of drug-likeness (QED) is 0.530. The molecule has 3 rings (SSSR count). The lowest BCUT2D eigenvalue weighted by Gasteiger charge is -2.11. The first-order valence-corrected chi connectivity index (χ1v) is 7.44. The lowest BCUT2D eigenvalue weighted by Crippen LogP contribution is -2.12. The van der Waals surface area contributed by atoms with Crippen LogP contribution in [0, 0.1) is 5.82 Å². The summed E-state index contributed by atoms with van der Waals surface area (Å²) in [6, 6.07) is 8.94. The van der Waals surface area contributed by atoms with Crippen LogP contribution in [0.2, 0.25) is 0 Å². The van der Waals surface area contributed by atoms with Crippen LogP contribution in [0.5, 0.6) is 0 Å². The van der Waals surface area contributed by atoms with Gasteiger partial charge in [0.05, 0.1) is 0 Å². The highest BCUT2D eigenvalue weighted by molar-refractivity contribution is 7.99. The average Bonchev–Trinajstić information content (AvgIpc) is 2.91. The molecule has 0 aliphatic heterocycles. The average molecular weight is 342 g/mol. The zero-order valence-corrected chi connectivity index (χ0v) is 12.6. The van der Waals surface area contributed by atoms with Crippen LogP contribution < -0.4 is 0 Å². The van der Waals surface area contributed by atoms with Crippen LogP contribution in [0.15, 0.2) is 41.4 Å². The molecule has 0 aliphatic rings. The Hall–Kier alpha value is -2.16. The number of hydrogen-bond donors (Lipinski definition) is 0. The van der Waals surface area contributed by atoms with Crippen LogP contribution in [-0.4, -0.2) is 19.8 Å². The van der Waals surface area contributed by atoms with Gasteiger partial charge in [-0.2, -0.15) is 22.8 Å². The number of thioether (sulfide) groups is 1. The third-order valence-corrected chi connectivity index (χ3v) is 4.21. The van der Waals surface area contributed by atoms with E-state index in [2.05, 4.69) is 15.3 Å². The second kappa shape index (κ2) is 5.80. The number of nitrogens with zero attached hydrogens (tertiary/aromatic N) is 4. The molecule has 0 spiro atoms. The molecule has 0 bridgehead atoms. The summed E-state index contributed by atoms with van der Waals surface area (Å²) in [6.07, 6.45) is -4.63. The molecule has 23 heavy (non-hydrogen) atoms. The molecule has 120 valence electrons. The van der Waals surface area contributed by atoms with Crippen molar-refractivity contribution in [3.05, 3.63) is 53.6 Å². The fraction of sp³-hybridized carbons (Fsp3) is 0.214. The third-order valence-electron chi connectivity index (χ3n) is 3.13. The molecule has 0 unspecified atom stereocenters. The van der Waals surface area contributed by atoms with Crippen molar-refractivity contribution in [3.63, 3.8) is 0 Å². The molecule has 0 aliphatic carbocycles. The molecule has 0 saturated carbocycles. The third kappa shape index (κ3) is 3.29. The number of halogens is 4. The van der Waals surface area contributed by atoms with E-state index in [9.17, 15) is 17.6 Å². The molecule has 2 heterocycles. The molecule has 0 fully saturated rings. The Morgan fingerprint density at radius 3 is 2.39 bits per heavy atom. The number of hydrogen-bond acceptors (Lipinski definition) is 4. The minimum absolute atomic E-state index is 0.0242. The minimum Gasteiger partial charge on any atom is -0.207 e. The number of benzene rings is 1. The van der Waals surface area contributed by atoms with Crippen molar-refractivity contribution < 1.29 is 17.6 Å². The van der Waals surface area contributed by atoms with Gasteiger partial charge in [0.2, 0.25) is 0 Å². The second-order valence-corrected chi connectivity index (χ2v) is 6.14. The predicted octanol–water partition coefficient (Wildman–Crippen LogP) is 4.14. The van der Waals surface area contributed by atoms with Crippen molar-refractivity contribution in [1.29, 1.82) is 0 Å². The fourth-order valence-corrected chi connectivity index (χ4v) is 2.93. The van der Waals surface area contributed by atoms with Crippen molar-refractivity contribution in [2.24, 2.45) is 0 Å². The monoisotopic (exact) mass is 342 g/mol. The van der Waals surface area contributed by atoms with Gasteiger partial charge in [-0.05, 0) is 36.8 Å². The van der Waals surface area contributed by atoms with Gasteiger partial charge < -0.3 is 0 Å². The van der Waals surface area contributed by atoms with E-state index in [0.717, 1.165) is 5.56 Å². The summed E-state index contributed by atoms with van der Waals surface area (Å²) in [5, 5.41) is 10.8. The van der Waals surface area contributed by atoms with E-state index >= 15 is 0 Å². The highest BCUT2D eigenvalue weighted by Gasteiger charge is 2.37. The highest BCUT2D eigenvalue weighted by Crippen LogP contribution is 2.34. The van der Waals surface area contributed by atoms with Gasteiger partial charge in [0.1, 0.15) is 10.8 Å². The van der Waals surface area contributed by atoms with E-state index in [4.69, 9.17) is 0 Å².